The maximum Gasteiger partial charge on any atom is 0.310 e. The van der Waals surface area contributed by atoms with E-state index in [1.54, 1.807) is 19.9 Å². The molecule has 0 spiro atoms. The minimum Gasteiger partial charge on any atom is -0.490 e. The van der Waals surface area contributed by atoms with Crippen molar-refractivity contribution in [3.05, 3.63) is 89.2 Å². The molecule has 234 valence electrons. The van der Waals surface area contributed by atoms with Crippen LogP contribution in [-0.4, -0.2) is 34.7 Å². The van der Waals surface area contributed by atoms with E-state index in [0.29, 0.717) is 37.8 Å². The molecule has 0 saturated heterocycles. The van der Waals surface area contributed by atoms with Gasteiger partial charge >= 0.3 is 5.97 Å². The summed E-state index contributed by atoms with van der Waals surface area (Å²) in [5.41, 5.74) is 3.50. The second kappa shape index (κ2) is 16.8. The molecule has 2 aromatic carbocycles. The highest BCUT2D eigenvalue weighted by atomic mass is 16.5. The fraction of sp³-hybridized carbons (Fsp3) is 0.432. The molecule has 1 saturated carbocycles. The third-order valence-corrected chi connectivity index (χ3v) is 8.53. The van der Waals surface area contributed by atoms with Crippen molar-refractivity contribution < 1.29 is 24.2 Å². The van der Waals surface area contributed by atoms with Crippen LogP contribution in [0.3, 0.4) is 0 Å². The van der Waals surface area contributed by atoms with Crippen molar-refractivity contribution in [1.29, 1.82) is 0 Å². The average Bonchev–Trinajstić information content (AvgIpc) is 3.55. The Hall–Kier alpha value is -3.97. The first-order chi connectivity index (χ1) is 21.4. The van der Waals surface area contributed by atoms with Gasteiger partial charge in [0.1, 0.15) is 5.75 Å². The van der Waals surface area contributed by atoms with Gasteiger partial charge in [0.05, 0.1) is 29.5 Å². The van der Waals surface area contributed by atoms with Crippen molar-refractivity contribution in [2.75, 3.05) is 11.9 Å². The molecule has 7 nitrogen and oxygen atoms in total. The normalized spacial score (nSPS) is 13.8. The molecule has 1 heterocycles. The minimum atomic E-state index is -1.04. The van der Waals surface area contributed by atoms with Gasteiger partial charge in [0.2, 0.25) is 5.91 Å². The van der Waals surface area contributed by atoms with Crippen molar-refractivity contribution in [2.45, 2.75) is 90.8 Å². The van der Waals surface area contributed by atoms with Crippen molar-refractivity contribution in [2.24, 2.45) is 5.41 Å². The largest absolute Gasteiger partial charge is 0.490 e. The zero-order chi connectivity index (χ0) is 31.2. The second-order valence-electron chi connectivity index (χ2n) is 11.7. The van der Waals surface area contributed by atoms with Crippen molar-refractivity contribution in [3.63, 3.8) is 0 Å². The summed E-state index contributed by atoms with van der Waals surface area (Å²) in [5, 5.41) is 12.5. The first-order valence-electron chi connectivity index (χ1n) is 16.0. The summed E-state index contributed by atoms with van der Waals surface area (Å²) in [6.45, 7) is 4.76. The zero-order valence-corrected chi connectivity index (χ0v) is 26.1. The van der Waals surface area contributed by atoms with Crippen molar-refractivity contribution in [1.82, 2.24) is 4.98 Å². The molecule has 44 heavy (non-hydrogen) atoms. The lowest BCUT2D eigenvalue weighted by atomic mass is 9.79. The number of benzene rings is 2. The molecule has 1 aromatic heterocycles. The number of aryl methyl sites for hydroxylation is 1. The summed E-state index contributed by atoms with van der Waals surface area (Å²) >= 11 is 0. The number of hydrogen-bond acceptors (Lipinski definition) is 5. The van der Waals surface area contributed by atoms with Gasteiger partial charge in [0.15, 0.2) is 0 Å². The second-order valence-corrected chi connectivity index (χ2v) is 11.7. The van der Waals surface area contributed by atoms with Gasteiger partial charge in [-0.2, -0.15) is 0 Å². The molecule has 0 radical (unpaired) electrons. The molecule has 1 fully saturated rings. The molecule has 0 atom stereocenters. The molecule has 1 amide bonds. The molecule has 3 aromatic rings. The van der Waals surface area contributed by atoms with E-state index in [9.17, 15) is 14.7 Å². The third-order valence-electron chi connectivity index (χ3n) is 8.53. The molecule has 4 rings (SSSR count). The number of carboxylic acids is 1. The molecular weight excluding hydrogens is 552 g/mol. The van der Waals surface area contributed by atoms with Crippen LogP contribution < -0.4 is 10.1 Å². The number of nitrogens with zero attached hydrogens (tertiary/aromatic N) is 1. The van der Waals surface area contributed by atoms with Crippen LogP contribution in [-0.2, 0) is 27.4 Å². The van der Waals surface area contributed by atoms with Crippen LogP contribution in [0, 0.1) is 5.41 Å². The van der Waals surface area contributed by atoms with Gasteiger partial charge in [-0.05, 0) is 111 Å². The van der Waals surface area contributed by atoms with Crippen molar-refractivity contribution in [3.8, 4) is 5.75 Å². The van der Waals surface area contributed by atoms with Gasteiger partial charge in [0.25, 0.3) is 0 Å². The smallest absolute Gasteiger partial charge is 0.310 e. The molecule has 2 N–H and O–H groups in total. The summed E-state index contributed by atoms with van der Waals surface area (Å²) in [6, 6.07) is 21.9. The zero-order valence-electron chi connectivity index (χ0n) is 26.1. The van der Waals surface area contributed by atoms with E-state index >= 15 is 0 Å². The van der Waals surface area contributed by atoms with E-state index < -0.39 is 11.4 Å². The Morgan fingerprint density at radius 3 is 2.45 bits per heavy atom. The van der Waals surface area contributed by atoms with Crippen LogP contribution in [0.25, 0.3) is 12.2 Å². The van der Waals surface area contributed by atoms with Crippen LogP contribution in [0.2, 0.25) is 0 Å². The predicted molar refractivity (Wildman–Crippen MR) is 175 cm³/mol. The summed E-state index contributed by atoms with van der Waals surface area (Å²) in [4.78, 5) is 29.1. The molecule has 7 heteroatoms. The molecular formula is C37H46N2O5. The highest BCUT2D eigenvalue weighted by molar-refractivity contribution is 5.94. The first-order valence-corrected chi connectivity index (χ1v) is 16.0. The number of carbonyl (C=O) groups excluding carboxylic acids is 1. The maximum absolute atomic E-state index is 12.6. The topological polar surface area (TPSA) is 97.8 Å². The number of nitrogens with one attached hydrogen (secondary N) is 1. The minimum absolute atomic E-state index is 0.0574. The number of unbranched alkanes of at least 4 members (excludes halogenated alkanes) is 1. The predicted octanol–water partition coefficient (Wildman–Crippen LogP) is 8.33. The van der Waals surface area contributed by atoms with Crippen LogP contribution in [0.15, 0.2) is 66.7 Å². The Morgan fingerprint density at radius 2 is 1.73 bits per heavy atom. The molecule has 1 aliphatic carbocycles. The van der Waals surface area contributed by atoms with Crippen LogP contribution in [0.4, 0.5) is 5.69 Å². The lowest BCUT2D eigenvalue weighted by Gasteiger charge is -2.25. The van der Waals surface area contributed by atoms with Crippen LogP contribution >= 0.6 is 0 Å². The van der Waals surface area contributed by atoms with Gasteiger partial charge in [0, 0.05) is 18.7 Å². The number of aliphatic carboxylic acids is 1. The summed E-state index contributed by atoms with van der Waals surface area (Å²) in [6.07, 6.45) is 13.0. The highest BCUT2D eigenvalue weighted by Crippen LogP contribution is 2.31. The Bertz CT molecular complexity index is 1370. The standard InChI is InChI=1S/C37H46N2O5/c1-3-37(4-2,36(41)42)26-35(40)39-31-14-9-12-29(25-31)18-21-30-13-10-15-32(38-30)27-43-24-8-7-11-28-19-22-34(23-20-28)44-33-16-5-6-17-33/h9-10,12-15,18-23,25,33H,3-8,11,16-17,24,26-27H2,1-2H3,(H,39,40)(H,41,42)/b21-18+. The van der Waals surface area contributed by atoms with E-state index in [-0.39, 0.29) is 12.3 Å². The van der Waals surface area contributed by atoms with E-state index in [4.69, 9.17) is 14.5 Å². The molecule has 0 aliphatic heterocycles. The van der Waals surface area contributed by atoms with Gasteiger partial charge in [-0.15, -0.1) is 0 Å². The highest BCUT2D eigenvalue weighted by Gasteiger charge is 2.37. The number of anilines is 1. The van der Waals surface area contributed by atoms with E-state index in [2.05, 4.69) is 29.6 Å². The summed E-state index contributed by atoms with van der Waals surface area (Å²) < 4.78 is 12.0. The summed E-state index contributed by atoms with van der Waals surface area (Å²) in [7, 11) is 0. The average molecular weight is 599 g/mol. The first kappa shape index (κ1) is 32.9. The van der Waals surface area contributed by atoms with E-state index in [0.717, 1.165) is 42.0 Å². The fourth-order valence-electron chi connectivity index (χ4n) is 5.61. The van der Waals surface area contributed by atoms with E-state index in [1.807, 2.05) is 48.6 Å². The molecule has 1 aliphatic rings. The molecule has 0 unspecified atom stereocenters. The third kappa shape index (κ3) is 10.1. The number of hydrogen-bond donors (Lipinski definition) is 2. The van der Waals surface area contributed by atoms with Crippen molar-refractivity contribution >= 4 is 29.7 Å². The van der Waals surface area contributed by atoms with Gasteiger partial charge < -0.3 is 19.9 Å². The lowest BCUT2D eigenvalue weighted by Crippen LogP contribution is -2.34. The number of amides is 1. The number of rotatable bonds is 17. The molecule has 0 bridgehead atoms. The Labute approximate surface area is 261 Å². The Balaban J connectivity index is 1.18. The number of pyridine rings is 1. The number of carboxylic acid groups (broad SMARTS) is 1. The number of carbonyl (C=O) groups is 2. The Morgan fingerprint density at radius 1 is 0.977 bits per heavy atom. The van der Waals surface area contributed by atoms with E-state index in [1.165, 1.54) is 31.2 Å². The van der Waals surface area contributed by atoms with Gasteiger partial charge in [-0.1, -0.05) is 50.3 Å². The number of ether oxygens (including phenoxy) is 2. The summed E-state index contributed by atoms with van der Waals surface area (Å²) in [5.74, 6) is -0.253. The maximum atomic E-state index is 12.6. The van der Waals surface area contributed by atoms with Crippen LogP contribution in [0.5, 0.6) is 5.75 Å². The monoisotopic (exact) mass is 598 g/mol. The lowest BCUT2D eigenvalue weighted by molar-refractivity contribution is -0.151. The number of aromatic nitrogens is 1. The quantitative estimate of drug-likeness (QED) is 0.152. The van der Waals surface area contributed by atoms with Crippen LogP contribution in [0.1, 0.15) is 94.1 Å². The SMILES string of the molecule is CCC(CC)(CC(=O)Nc1cccc(/C=C/c2cccc(COCCCCc3ccc(OC4CCCC4)cc3)n2)c1)C(=O)O. The Kier molecular flexibility index (Phi) is 12.5. The fourth-order valence-corrected chi connectivity index (χ4v) is 5.61. The van der Waals surface area contributed by atoms with Gasteiger partial charge in [-0.3, -0.25) is 14.6 Å². The van der Waals surface area contributed by atoms with Gasteiger partial charge in [-0.25, -0.2) is 0 Å².